The van der Waals surface area contributed by atoms with Gasteiger partial charge < -0.3 is 0 Å². The molecule has 0 aliphatic rings. The van der Waals surface area contributed by atoms with E-state index in [1.54, 1.807) is 0 Å². The molecule has 2 aromatic carbocycles. The van der Waals surface area contributed by atoms with Crippen molar-refractivity contribution in [1.29, 1.82) is 0 Å². The van der Waals surface area contributed by atoms with Crippen LogP contribution in [0.15, 0.2) is 53.2 Å². The average Bonchev–Trinajstić information content (AvgIpc) is 2.38. The van der Waals surface area contributed by atoms with Gasteiger partial charge in [-0.15, -0.1) is 0 Å². The molecule has 2 nitrogen and oxygen atoms in total. The molecule has 2 aromatic rings. The highest BCUT2D eigenvalue weighted by Gasteiger charge is 2.06. The number of azo groups is 1. The van der Waals surface area contributed by atoms with Crippen LogP contribution in [0, 0.1) is 27.7 Å². The summed E-state index contributed by atoms with van der Waals surface area (Å²) in [5.41, 5.74) is 7.34. The van der Waals surface area contributed by atoms with Gasteiger partial charge in [-0.05, 0) is 49.9 Å². The van der Waals surface area contributed by atoms with Crippen molar-refractivity contribution >= 4 is 11.4 Å². The summed E-state index contributed by atoms with van der Waals surface area (Å²) in [4.78, 5) is 0. The third kappa shape index (κ3) is 2.85. The molecule has 0 fully saturated rings. The molecule has 2 rings (SSSR count). The Kier molecular flexibility index (Phi) is 4.14. The fraction of sp³-hybridized carbons (Fsp3) is 0.222. The van der Waals surface area contributed by atoms with Crippen molar-refractivity contribution in [2.75, 3.05) is 0 Å². The van der Waals surface area contributed by atoms with E-state index in [0.29, 0.717) is 5.70 Å². The number of benzene rings is 2. The number of rotatable bonds is 3. The first-order valence-corrected chi connectivity index (χ1v) is 6.74. The molecule has 0 saturated heterocycles. The molecule has 0 saturated carbocycles. The molecule has 0 radical (unpaired) electrons. The number of nitrogens with zero attached hydrogens (tertiary/aromatic N) is 2. The highest BCUT2D eigenvalue weighted by atomic mass is 15.1. The Morgan fingerprint density at radius 3 is 1.75 bits per heavy atom. The first-order valence-electron chi connectivity index (χ1n) is 6.74. The second-order valence-corrected chi connectivity index (χ2v) is 5.15. The summed E-state index contributed by atoms with van der Waals surface area (Å²) in [5, 5.41) is 8.73. The van der Waals surface area contributed by atoms with Crippen LogP contribution in [0.4, 0.5) is 5.69 Å². The van der Waals surface area contributed by atoms with Gasteiger partial charge >= 0.3 is 0 Å². The number of aryl methyl sites for hydroxylation is 4. The maximum Gasteiger partial charge on any atom is 0.0915 e. The zero-order chi connectivity index (χ0) is 14.7. The number of hydrogen-bond acceptors (Lipinski definition) is 2. The van der Waals surface area contributed by atoms with Crippen LogP contribution in [0.3, 0.4) is 0 Å². The Balaban J connectivity index is 2.35. The largest absolute Gasteiger partial charge is 0.151 e. The van der Waals surface area contributed by atoms with Crippen molar-refractivity contribution < 1.29 is 0 Å². The van der Waals surface area contributed by atoms with Gasteiger partial charge in [-0.3, -0.25) is 0 Å². The first-order chi connectivity index (χ1) is 9.50. The summed E-state index contributed by atoms with van der Waals surface area (Å²) >= 11 is 0. The zero-order valence-electron chi connectivity index (χ0n) is 12.6. The minimum Gasteiger partial charge on any atom is -0.151 e. The topological polar surface area (TPSA) is 24.7 Å². The van der Waals surface area contributed by atoms with Gasteiger partial charge in [-0.2, -0.15) is 10.2 Å². The lowest BCUT2D eigenvalue weighted by Crippen LogP contribution is -1.89. The predicted molar refractivity (Wildman–Crippen MR) is 85.4 cm³/mol. The highest BCUT2D eigenvalue weighted by molar-refractivity contribution is 5.68. The molecule has 0 heterocycles. The fourth-order valence-corrected chi connectivity index (χ4v) is 2.39. The van der Waals surface area contributed by atoms with Crippen LogP contribution in [0.1, 0.15) is 27.8 Å². The van der Waals surface area contributed by atoms with E-state index in [2.05, 4.69) is 42.8 Å². The first kappa shape index (κ1) is 14.2. The third-order valence-corrected chi connectivity index (χ3v) is 3.48. The molecule has 20 heavy (non-hydrogen) atoms. The summed E-state index contributed by atoms with van der Waals surface area (Å²) in [6, 6.07) is 12.3. The van der Waals surface area contributed by atoms with Gasteiger partial charge in [-0.1, -0.05) is 43.0 Å². The Labute approximate surface area is 120 Å². The zero-order valence-corrected chi connectivity index (χ0v) is 12.6. The Hall–Kier alpha value is -2.22. The monoisotopic (exact) mass is 264 g/mol. The molecule has 0 aromatic heterocycles. The molecule has 102 valence electrons. The van der Waals surface area contributed by atoms with Gasteiger partial charge in [0.25, 0.3) is 0 Å². The van der Waals surface area contributed by atoms with E-state index in [9.17, 15) is 0 Å². The van der Waals surface area contributed by atoms with Crippen LogP contribution in [0.2, 0.25) is 0 Å². The van der Waals surface area contributed by atoms with Gasteiger partial charge in [0.15, 0.2) is 0 Å². The SMILES string of the molecule is C=C(N=Nc1c(C)cccc1C)c1c(C)cccc1C. The van der Waals surface area contributed by atoms with Crippen LogP contribution < -0.4 is 0 Å². The Morgan fingerprint density at radius 1 is 0.800 bits per heavy atom. The van der Waals surface area contributed by atoms with Gasteiger partial charge in [0.2, 0.25) is 0 Å². The molecule has 0 unspecified atom stereocenters. The van der Waals surface area contributed by atoms with Gasteiger partial charge in [0.05, 0.1) is 11.4 Å². The number of hydrogen-bond donors (Lipinski definition) is 0. The van der Waals surface area contributed by atoms with Crippen LogP contribution >= 0.6 is 0 Å². The molecule has 0 spiro atoms. The van der Waals surface area contributed by atoms with Crippen molar-refractivity contribution in [2.24, 2.45) is 10.2 Å². The van der Waals surface area contributed by atoms with Crippen molar-refractivity contribution in [3.05, 3.63) is 70.8 Å². The summed E-state index contributed by atoms with van der Waals surface area (Å²) in [6.07, 6.45) is 0. The van der Waals surface area contributed by atoms with E-state index in [-0.39, 0.29) is 0 Å². The van der Waals surface area contributed by atoms with Crippen LogP contribution in [-0.2, 0) is 0 Å². The van der Waals surface area contributed by atoms with Crippen molar-refractivity contribution in [1.82, 2.24) is 0 Å². The van der Waals surface area contributed by atoms with E-state index in [1.165, 1.54) is 11.1 Å². The summed E-state index contributed by atoms with van der Waals surface area (Å²) in [6.45, 7) is 12.3. The molecular formula is C18H20N2. The lowest BCUT2D eigenvalue weighted by molar-refractivity contribution is 1.18. The predicted octanol–water partition coefficient (Wildman–Crippen LogP) is 5.67. The van der Waals surface area contributed by atoms with E-state index in [0.717, 1.165) is 22.4 Å². The molecular weight excluding hydrogens is 244 g/mol. The van der Waals surface area contributed by atoms with Gasteiger partial charge in [0.1, 0.15) is 0 Å². The van der Waals surface area contributed by atoms with Crippen LogP contribution in [-0.4, -0.2) is 0 Å². The molecule has 2 heteroatoms. The minimum absolute atomic E-state index is 0.711. The second kappa shape index (κ2) is 5.83. The standard InChI is InChI=1S/C18H20N2/c1-12-8-6-9-13(2)17(12)16(5)19-20-18-14(3)10-7-11-15(18)4/h6-11H,5H2,1-4H3. The third-order valence-electron chi connectivity index (χ3n) is 3.48. The summed E-state index contributed by atoms with van der Waals surface area (Å²) in [7, 11) is 0. The Morgan fingerprint density at radius 2 is 1.25 bits per heavy atom. The lowest BCUT2D eigenvalue weighted by Gasteiger charge is -2.08. The molecule has 0 bridgehead atoms. The smallest absolute Gasteiger partial charge is 0.0915 e. The van der Waals surface area contributed by atoms with E-state index in [4.69, 9.17) is 0 Å². The van der Waals surface area contributed by atoms with Crippen molar-refractivity contribution in [3.8, 4) is 0 Å². The average molecular weight is 264 g/mol. The lowest BCUT2D eigenvalue weighted by atomic mass is 10.0. The van der Waals surface area contributed by atoms with Crippen LogP contribution in [0.5, 0.6) is 0 Å². The van der Waals surface area contributed by atoms with E-state index < -0.39 is 0 Å². The Bertz CT molecular complexity index is 641. The van der Waals surface area contributed by atoms with Crippen molar-refractivity contribution in [3.63, 3.8) is 0 Å². The maximum atomic E-state index is 4.39. The molecule has 0 aliphatic carbocycles. The van der Waals surface area contributed by atoms with Crippen LogP contribution in [0.25, 0.3) is 5.70 Å². The minimum atomic E-state index is 0.711. The maximum absolute atomic E-state index is 4.39. The van der Waals surface area contributed by atoms with Gasteiger partial charge in [0, 0.05) is 5.56 Å². The highest BCUT2D eigenvalue weighted by Crippen LogP contribution is 2.27. The second-order valence-electron chi connectivity index (χ2n) is 5.15. The molecule has 0 aliphatic heterocycles. The summed E-state index contributed by atoms with van der Waals surface area (Å²) < 4.78 is 0. The molecule has 0 N–H and O–H groups in total. The summed E-state index contributed by atoms with van der Waals surface area (Å²) in [5.74, 6) is 0. The molecule has 0 atom stereocenters. The van der Waals surface area contributed by atoms with E-state index in [1.807, 2.05) is 38.1 Å². The normalized spacial score (nSPS) is 11.0. The van der Waals surface area contributed by atoms with Gasteiger partial charge in [-0.25, -0.2) is 0 Å². The molecule has 0 amide bonds. The van der Waals surface area contributed by atoms with E-state index >= 15 is 0 Å². The van der Waals surface area contributed by atoms with Crippen molar-refractivity contribution in [2.45, 2.75) is 27.7 Å². The fourth-order valence-electron chi connectivity index (χ4n) is 2.39. The quantitative estimate of drug-likeness (QED) is 0.638.